The SMILES string of the molecule is O=C(O)C(C1CC1)C12CC3CC(CC(C3)C1)C2. The number of rotatable bonds is 3. The molecule has 5 fully saturated rings. The predicted molar refractivity (Wildman–Crippen MR) is 64.5 cm³/mol. The first-order valence-corrected chi connectivity index (χ1v) is 7.39. The van der Waals surface area contributed by atoms with Crippen molar-refractivity contribution in [2.45, 2.75) is 51.4 Å². The Bertz CT molecular complexity index is 321. The van der Waals surface area contributed by atoms with Gasteiger partial charge >= 0.3 is 5.97 Å². The molecule has 4 bridgehead atoms. The van der Waals surface area contributed by atoms with E-state index in [1.165, 1.54) is 51.4 Å². The van der Waals surface area contributed by atoms with Crippen molar-refractivity contribution in [3.8, 4) is 0 Å². The van der Waals surface area contributed by atoms with E-state index in [-0.39, 0.29) is 11.3 Å². The Balaban J connectivity index is 1.68. The summed E-state index contributed by atoms with van der Waals surface area (Å²) < 4.78 is 0. The zero-order valence-electron chi connectivity index (χ0n) is 10.4. The molecule has 5 aliphatic rings. The van der Waals surface area contributed by atoms with Gasteiger partial charge in [-0.1, -0.05) is 0 Å². The molecule has 0 radical (unpaired) electrons. The number of aliphatic carboxylic acids is 1. The third-order valence-electron chi connectivity index (χ3n) is 6.10. The van der Waals surface area contributed by atoms with Crippen molar-refractivity contribution in [2.75, 3.05) is 0 Å². The van der Waals surface area contributed by atoms with E-state index in [0.717, 1.165) is 17.8 Å². The van der Waals surface area contributed by atoms with Crippen molar-refractivity contribution < 1.29 is 9.90 Å². The second-order valence-corrected chi connectivity index (χ2v) is 7.43. The fourth-order valence-corrected chi connectivity index (χ4v) is 5.95. The van der Waals surface area contributed by atoms with Gasteiger partial charge in [0.05, 0.1) is 5.92 Å². The van der Waals surface area contributed by atoms with Crippen LogP contribution >= 0.6 is 0 Å². The van der Waals surface area contributed by atoms with Crippen LogP contribution in [0.2, 0.25) is 0 Å². The van der Waals surface area contributed by atoms with E-state index < -0.39 is 5.97 Å². The summed E-state index contributed by atoms with van der Waals surface area (Å²) in [6.45, 7) is 0. The van der Waals surface area contributed by atoms with Crippen LogP contribution in [0.1, 0.15) is 51.4 Å². The fourth-order valence-electron chi connectivity index (χ4n) is 5.95. The lowest BCUT2D eigenvalue weighted by molar-refractivity contribution is -0.159. The number of hydrogen-bond acceptors (Lipinski definition) is 1. The predicted octanol–water partition coefficient (Wildman–Crippen LogP) is 3.31. The molecule has 1 N–H and O–H groups in total. The molecule has 2 heteroatoms. The Labute approximate surface area is 103 Å². The zero-order valence-corrected chi connectivity index (χ0v) is 10.4. The van der Waals surface area contributed by atoms with Crippen LogP contribution in [0.15, 0.2) is 0 Å². The lowest BCUT2D eigenvalue weighted by atomic mass is 9.46. The first-order valence-electron chi connectivity index (χ1n) is 7.39. The molecule has 0 amide bonds. The molecule has 0 saturated heterocycles. The molecular formula is C15H22O2. The van der Waals surface area contributed by atoms with Crippen molar-refractivity contribution in [1.29, 1.82) is 0 Å². The minimum Gasteiger partial charge on any atom is -0.481 e. The van der Waals surface area contributed by atoms with Gasteiger partial charge in [0.1, 0.15) is 0 Å². The quantitative estimate of drug-likeness (QED) is 0.813. The Morgan fingerprint density at radius 2 is 1.47 bits per heavy atom. The summed E-state index contributed by atoms with van der Waals surface area (Å²) in [5.41, 5.74) is 0.224. The van der Waals surface area contributed by atoms with Crippen LogP contribution in [0.4, 0.5) is 0 Å². The normalized spacial score (nSPS) is 49.3. The highest BCUT2D eigenvalue weighted by molar-refractivity contribution is 5.72. The first-order chi connectivity index (χ1) is 8.16. The summed E-state index contributed by atoms with van der Waals surface area (Å²) in [6, 6.07) is 0. The highest BCUT2D eigenvalue weighted by atomic mass is 16.4. The molecule has 0 spiro atoms. The summed E-state index contributed by atoms with van der Waals surface area (Å²) in [6.07, 6.45) is 10.3. The van der Waals surface area contributed by atoms with Gasteiger partial charge < -0.3 is 5.11 Å². The molecule has 0 aromatic carbocycles. The highest BCUT2D eigenvalue weighted by Gasteiger charge is 2.59. The van der Waals surface area contributed by atoms with Gasteiger partial charge in [0.2, 0.25) is 0 Å². The molecule has 0 aromatic heterocycles. The monoisotopic (exact) mass is 234 g/mol. The average molecular weight is 234 g/mol. The van der Waals surface area contributed by atoms with Crippen LogP contribution < -0.4 is 0 Å². The summed E-state index contributed by atoms with van der Waals surface area (Å²) in [5, 5.41) is 9.64. The van der Waals surface area contributed by atoms with Gasteiger partial charge in [0, 0.05) is 0 Å². The van der Waals surface area contributed by atoms with E-state index in [9.17, 15) is 9.90 Å². The van der Waals surface area contributed by atoms with Gasteiger partial charge in [-0.3, -0.25) is 4.79 Å². The molecule has 1 unspecified atom stereocenters. The average Bonchev–Trinajstić information content (AvgIpc) is 2.98. The van der Waals surface area contributed by atoms with E-state index in [1.807, 2.05) is 0 Å². The molecule has 17 heavy (non-hydrogen) atoms. The van der Waals surface area contributed by atoms with Crippen molar-refractivity contribution in [2.24, 2.45) is 35.0 Å². The molecule has 2 nitrogen and oxygen atoms in total. The number of hydrogen-bond donors (Lipinski definition) is 1. The molecule has 0 heterocycles. The Morgan fingerprint density at radius 1 is 1.00 bits per heavy atom. The summed E-state index contributed by atoms with van der Waals surface area (Å²) >= 11 is 0. The Morgan fingerprint density at radius 3 is 1.82 bits per heavy atom. The van der Waals surface area contributed by atoms with Crippen LogP contribution in [-0.4, -0.2) is 11.1 Å². The highest BCUT2D eigenvalue weighted by Crippen LogP contribution is 2.65. The van der Waals surface area contributed by atoms with Crippen LogP contribution in [0.3, 0.4) is 0 Å². The van der Waals surface area contributed by atoms with Gasteiger partial charge in [-0.2, -0.15) is 0 Å². The molecule has 5 rings (SSSR count). The maximum atomic E-state index is 11.7. The topological polar surface area (TPSA) is 37.3 Å². The second-order valence-electron chi connectivity index (χ2n) is 7.43. The largest absolute Gasteiger partial charge is 0.481 e. The lowest BCUT2D eigenvalue weighted by Gasteiger charge is -2.59. The molecule has 5 saturated carbocycles. The number of carbonyl (C=O) groups is 1. The standard InChI is InChI=1S/C15H22O2/c16-14(17)13(12-1-2-12)15-6-9-3-10(7-15)5-11(4-9)8-15/h9-13H,1-8H2,(H,16,17). The zero-order chi connectivity index (χ0) is 11.6. The number of carboxylic acid groups (broad SMARTS) is 1. The maximum absolute atomic E-state index is 11.7. The van der Waals surface area contributed by atoms with Gasteiger partial charge in [0.15, 0.2) is 0 Å². The van der Waals surface area contributed by atoms with Crippen molar-refractivity contribution in [3.05, 3.63) is 0 Å². The second kappa shape index (κ2) is 3.27. The van der Waals surface area contributed by atoms with Crippen LogP contribution in [0, 0.1) is 35.0 Å². The molecule has 5 aliphatic carbocycles. The molecule has 94 valence electrons. The van der Waals surface area contributed by atoms with Gasteiger partial charge in [0.25, 0.3) is 0 Å². The van der Waals surface area contributed by atoms with E-state index in [1.54, 1.807) is 0 Å². The Kier molecular flexibility index (Phi) is 2.00. The van der Waals surface area contributed by atoms with Crippen LogP contribution in [-0.2, 0) is 4.79 Å². The van der Waals surface area contributed by atoms with E-state index >= 15 is 0 Å². The minimum atomic E-state index is -0.477. The summed E-state index contributed by atoms with van der Waals surface area (Å²) in [5.74, 6) is 2.69. The van der Waals surface area contributed by atoms with Gasteiger partial charge in [-0.15, -0.1) is 0 Å². The van der Waals surface area contributed by atoms with Crippen molar-refractivity contribution in [1.82, 2.24) is 0 Å². The smallest absolute Gasteiger partial charge is 0.307 e. The fraction of sp³-hybridized carbons (Fsp3) is 0.933. The van der Waals surface area contributed by atoms with E-state index in [4.69, 9.17) is 0 Å². The van der Waals surface area contributed by atoms with E-state index in [0.29, 0.717) is 5.92 Å². The molecule has 1 atom stereocenters. The third kappa shape index (κ3) is 1.49. The minimum absolute atomic E-state index is 0.0101. The van der Waals surface area contributed by atoms with Gasteiger partial charge in [-0.25, -0.2) is 0 Å². The first kappa shape index (κ1) is 10.4. The Hall–Kier alpha value is -0.530. The van der Waals surface area contributed by atoms with Crippen molar-refractivity contribution in [3.63, 3.8) is 0 Å². The molecular weight excluding hydrogens is 212 g/mol. The number of carboxylic acids is 1. The summed E-state index contributed by atoms with van der Waals surface area (Å²) in [7, 11) is 0. The van der Waals surface area contributed by atoms with Crippen molar-refractivity contribution >= 4 is 5.97 Å². The van der Waals surface area contributed by atoms with Gasteiger partial charge in [-0.05, 0) is 80.5 Å². The molecule has 0 aromatic rings. The third-order valence-corrected chi connectivity index (χ3v) is 6.10. The van der Waals surface area contributed by atoms with E-state index in [2.05, 4.69) is 0 Å². The summed E-state index contributed by atoms with van der Waals surface area (Å²) in [4.78, 5) is 11.7. The molecule has 0 aliphatic heterocycles. The lowest BCUT2D eigenvalue weighted by Crippen LogP contribution is -2.52. The van der Waals surface area contributed by atoms with Crippen LogP contribution in [0.5, 0.6) is 0 Å². The maximum Gasteiger partial charge on any atom is 0.307 e. The van der Waals surface area contributed by atoms with Crippen LogP contribution in [0.25, 0.3) is 0 Å².